The highest BCUT2D eigenvalue weighted by Gasteiger charge is 2.19. The molecule has 1 N–H and O–H groups in total. The van der Waals surface area contributed by atoms with E-state index in [2.05, 4.69) is 38.2 Å². The second-order valence-corrected chi connectivity index (χ2v) is 8.32. The summed E-state index contributed by atoms with van der Waals surface area (Å²) in [6, 6.07) is 15.8. The minimum atomic E-state index is -0.510. The molecule has 4 heteroatoms. The van der Waals surface area contributed by atoms with E-state index in [-0.39, 0.29) is 17.4 Å². The van der Waals surface area contributed by atoms with Crippen molar-refractivity contribution in [3.05, 3.63) is 59.7 Å². The normalized spacial score (nSPS) is 12.5. The van der Waals surface area contributed by atoms with Crippen LogP contribution in [0.15, 0.2) is 48.5 Å². The Bertz CT molecular complexity index is 743. The van der Waals surface area contributed by atoms with Gasteiger partial charge in [0, 0.05) is 6.54 Å². The molecule has 0 bridgehead atoms. The number of amides is 1. The van der Waals surface area contributed by atoms with Gasteiger partial charge in [-0.25, -0.2) is 0 Å². The van der Waals surface area contributed by atoms with Gasteiger partial charge in [-0.1, -0.05) is 52.0 Å². The van der Waals surface area contributed by atoms with Gasteiger partial charge < -0.3 is 14.8 Å². The highest BCUT2D eigenvalue weighted by molar-refractivity contribution is 5.81. The summed E-state index contributed by atoms with van der Waals surface area (Å²) in [4.78, 5) is 12.5. The molecule has 1 amide bonds. The molecule has 152 valence electrons. The Morgan fingerprint density at radius 3 is 1.96 bits per heavy atom. The van der Waals surface area contributed by atoms with Gasteiger partial charge in [0.25, 0.3) is 5.91 Å². The summed E-state index contributed by atoms with van der Waals surface area (Å²) in [6.07, 6.45) is 0.239. The number of benzene rings is 2. The first-order chi connectivity index (χ1) is 13.2. The molecule has 28 heavy (non-hydrogen) atoms. The zero-order valence-electron chi connectivity index (χ0n) is 17.9. The number of rotatable bonds is 8. The van der Waals surface area contributed by atoms with E-state index in [1.165, 1.54) is 5.56 Å². The van der Waals surface area contributed by atoms with Crippen LogP contribution in [0, 0.1) is 0 Å². The van der Waals surface area contributed by atoms with Gasteiger partial charge in [-0.2, -0.15) is 0 Å². The van der Waals surface area contributed by atoms with Crippen molar-refractivity contribution in [2.45, 2.75) is 72.1 Å². The summed E-state index contributed by atoms with van der Waals surface area (Å²) in [5.41, 5.74) is 2.35. The van der Waals surface area contributed by atoms with Crippen LogP contribution in [-0.4, -0.2) is 18.1 Å². The average molecular weight is 384 g/mol. The fourth-order valence-corrected chi connectivity index (χ4v) is 2.78. The predicted molar refractivity (Wildman–Crippen MR) is 114 cm³/mol. The number of carbonyl (C=O) groups is 1. The van der Waals surface area contributed by atoms with Gasteiger partial charge in [-0.15, -0.1) is 0 Å². The number of ether oxygens (including phenoxy) is 2. The molecule has 2 aromatic rings. The lowest BCUT2D eigenvalue weighted by atomic mass is 9.87. The standard InChI is InChI=1S/C24H33NO3/c1-7-22(28-21-14-10-19(11-15-21)24(4,5)6)23(26)25-16-18-8-12-20(13-9-18)27-17(2)3/h8-15,17,22H,7,16H2,1-6H3,(H,25,26)/t22-/m1/s1. The number of carbonyl (C=O) groups excluding carboxylic acids is 1. The third-order valence-electron chi connectivity index (χ3n) is 4.42. The van der Waals surface area contributed by atoms with Crippen molar-refractivity contribution >= 4 is 5.91 Å². The van der Waals surface area contributed by atoms with Crippen molar-refractivity contribution in [1.82, 2.24) is 5.32 Å². The van der Waals surface area contributed by atoms with Crippen molar-refractivity contribution < 1.29 is 14.3 Å². The van der Waals surface area contributed by atoms with E-state index >= 15 is 0 Å². The quantitative estimate of drug-likeness (QED) is 0.678. The Morgan fingerprint density at radius 1 is 0.929 bits per heavy atom. The van der Waals surface area contributed by atoms with E-state index in [4.69, 9.17) is 9.47 Å². The van der Waals surface area contributed by atoms with Gasteiger partial charge in [0.2, 0.25) is 0 Å². The molecular formula is C24H33NO3. The van der Waals surface area contributed by atoms with Crippen LogP contribution in [0.1, 0.15) is 59.1 Å². The fraction of sp³-hybridized carbons (Fsp3) is 0.458. The van der Waals surface area contributed by atoms with Crippen LogP contribution in [0.2, 0.25) is 0 Å². The topological polar surface area (TPSA) is 47.6 Å². The lowest BCUT2D eigenvalue weighted by Crippen LogP contribution is -2.37. The second kappa shape index (κ2) is 9.63. The highest BCUT2D eigenvalue weighted by Crippen LogP contribution is 2.25. The van der Waals surface area contributed by atoms with Crippen LogP contribution in [0.25, 0.3) is 0 Å². The van der Waals surface area contributed by atoms with Crippen LogP contribution in [0.5, 0.6) is 11.5 Å². The summed E-state index contributed by atoms with van der Waals surface area (Å²) in [7, 11) is 0. The largest absolute Gasteiger partial charge is 0.491 e. The molecule has 0 saturated carbocycles. The third-order valence-corrected chi connectivity index (χ3v) is 4.42. The Morgan fingerprint density at radius 2 is 1.46 bits per heavy atom. The van der Waals surface area contributed by atoms with Gasteiger partial charge in [0.1, 0.15) is 11.5 Å². The Balaban J connectivity index is 1.90. The molecule has 0 aromatic heterocycles. The van der Waals surface area contributed by atoms with Crippen LogP contribution in [0.4, 0.5) is 0 Å². The number of hydrogen-bond acceptors (Lipinski definition) is 3. The number of hydrogen-bond donors (Lipinski definition) is 1. The molecule has 2 rings (SSSR count). The first-order valence-electron chi connectivity index (χ1n) is 9.99. The molecule has 0 spiro atoms. The van der Waals surface area contributed by atoms with Crippen LogP contribution in [-0.2, 0) is 16.8 Å². The summed E-state index contributed by atoms with van der Waals surface area (Å²) in [5.74, 6) is 1.44. The summed E-state index contributed by atoms with van der Waals surface area (Å²) in [6.45, 7) is 12.9. The minimum Gasteiger partial charge on any atom is -0.491 e. The zero-order valence-corrected chi connectivity index (χ0v) is 17.9. The van der Waals surface area contributed by atoms with Crippen molar-refractivity contribution in [2.24, 2.45) is 0 Å². The molecule has 1 atom stereocenters. The summed E-state index contributed by atoms with van der Waals surface area (Å²) >= 11 is 0. The van der Waals surface area contributed by atoms with E-state index in [9.17, 15) is 4.79 Å². The number of nitrogens with one attached hydrogen (secondary N) is 1. The van der Waals surface area contributed by atoms with E-state index in [0.717, 1.165) is 11.3 Å². The van der Waals surface area contributed by atoms with Crippen LogP contribution < -0.4 is 14.8 Å². The van der Waals surface area contributed by atoms with E-state index in [1.54, 1.807) is 0 Å². The maximum atomic E-state index is 12.5. The molecule has 0 aliphatic heterocycles. The van der Waals surface area contributed by atoms with E-state index in [0.29, 0.717) is 18.7 Å². The summed E-state index contributed by atoms with van der Waals surface area (Å²) < 4.78 is 11.6. The molecule has 0 radical (unpaired) electrons. The molecule has 2 aromatic carbocycles. The Hall–Kier alpha value is -2.49. The van der Waals surface area contributed by atoms with Gasteiger partial charge in [0.15, 0.2) is 6.10 Å². The zero-order chi connectivity index (χ0) is 20.7. The predicted octanol–water partition coefficient (Wildman–Crippen LogP) is 5.25. The molecule has 0 saturated heterocycles. The van der Waals surface area contributed by atoms with Crippen molar-refractivity contribution in [3.8, 4) is 11.5 Å². The molecular weight excluding hydrogens is 350 g/mol. The molecule has 4 nitrogen and oxygen atoms in total. The van der Waals surface area contributed by atoms with Gasteiger partial charge in [0.05, 0.1) is 6.10 Å². The Labute approximate surface area is 169 Å². The SMILES string of the molecule is CC[C@@H](Oc1ccc(C(C)(C)C)cc1)C(=O)NCc1ccc(OC(C)C)cc1. The molecule has 0 heterocycles. The van der Waals surface area contributed by atoms with Crippen molar-refractivity contribution in [2.75, 3.05) is 0 Å². The maximum Gasteiger partial charge on any atom is 0.261 e. The monoisotopic (exact) mass is 383 g/mol. The first kappa shape index (κ1) is 21.8. The second-order valence-electron chi connectivity index (χ2n) is 8.32. The maximum absolute atomic E-state index is 12.5. The van der Waals surface area contributed by atoms with E-state index in [1.807, 2.05) is 57.2 Å². The lowest BCUT2D eigenvalue weighted by molar-refractivity contribution is -0.128. The summed E-state index contributed by atoms with van der Waals surface area (Å²) in [5, 5.41) is 2.96. The highest BCUT2D eigenvalue weighted by atomic mass is 16.5. The molecule has 0 aliphatic rings. The van der Waals surface area contributed by atoms with E-state index < -0.39 is 6.10 Å². The van der Waals surface area contributed by atoms with Crippen molar-refractivity contribution in [3.63, 3.8) is 0 Å². The van der Waals surface area contributed by atoms with Gasteiger partial charge >= 0.3 is 0 Å². The van der Waals surface area contributed by atoms with Crippen molar-refractivity contribution in [1.29, 1.82) is 0 Å². The Kier molecular flexibility index (Phi) is 7.50. The fourth-order valence-electron chi connectivity index (χ4n) is 2.78. The first-order valence-corrected chi connectivity index (χ1v) is 9.99. The third kappa shape index (κ3) is 6.59. The minimum absolute atomic E-state index is 0.0931. The van der Waals surface area contributed by atoms with Crippen LogP contribution in [0.3, 0.4) is 0 Å². The van der Waals surface area contributed by atoms with Gasteiger partial charge in [-0.05, 0) is 61.1 Å². The smallest absolute Gasteiger partial charge is 0.261 e. The molecule has 0 aliphatic carbocycles. The average Bonchev–Trinajstić information content (AvgIpc) is 2.64. The van der Waals surface area contributed by atoms with Gasteiger partial charge in [-0.3, -0.25) is 4.79 Å². The molecule has 0 unspecified atom stereocenters. The van der Waals surface area contributed by atoms with Crippen LogP contribution >= 0.6 is 0 Å². The lowest BCUT2D eigenvalue weighted by Gasteiger charge is -2.21. The molecule has 0 fully saturated rings.